The molecule has 90 valence electrons. The summed E-state index contributed by atoms with van der Waals surface area (Å²) in [5, 5.41) is 12.9. The minimum absolute atomic E-state index is 0.118. The Morgan fingerprint density at radius 3 is 3.06 bits per heavy atom. The van der Waals surface area contributed by atoms with Crippen LogP contribution in [0.4, 0.5) is 0 Å². The lowest BCUT2D eigenvalue weighted by Crippen LogP contribution is -2.21. The molecule has 0 unspecified atom stereocenters. The molecule has 16 heavy (non-hydrogen) atoms. The molecule has 0 aliphatic heterocycles. The van der Waals surface area contributed by atoms with E-state index < -0.39 is 0 Å². The molecule has 0 atom stereocenters. The van der Waals surface area contributed by atoms with Gasteiger partial charge in [0.05, 0.1) is 25.5 Å². The van der Waals surface area contributed by atoms with Gasteiger partial charge in [-0.3, -0.25) is 9.52 Å². The van der Waals surface area contributed by atoms with E-state index in [0.29, 0.717) is 19.2 Å². The maximum atomic E-state index is 8.75. The zero-order valence-electron chi connectivity index (χ0n) is 9.43. The Morgan fingerprint density at radius 1 is 1.50 bits per heavy atom. The summed E-state index contributed by atoms with van der Waals surface area (Å²) < 4.78 is 1.73. The van der Waals surface area contributed by atoms with Gasteiger partial charge in [0.25, 0.3) is 0 Å². The third kappa shape index (κ3) is 3.30. The first-order valence-electron chi connectivity index (χ1n) is 5.89. The molecule has 0 aromatic carbocycles. The van der Waals surface area contributed by atoms with Gasteiger partial charge in [-0.1, -0.05) is 12.8 Å². The molecular formula is C11H19N3O2. The number of nitrogens with one attached hydrogen (secondary N) is 1. The highest BCUT2D eigenvalue weighted by Gasteiger charge is 2.15. The van der Waals surface area contributed by atoms with Crippen LogP contribution in [-0.2, 0) is 17.9 Å². The molecule has 0 saturated heterocycles. The topological polar surface area (TPSA) is 59.3 Å². The summed E-state index contributed by atoms with van der Waals surface area (Å²) in [5.74, 6) is 0. The zero-order valence-corrected chi connectivity index (χ0v) is 9.43. The van der Waals surface area contributed by atoms with Crippen molar-refractivity contribution in [1.82, 2.24) is 15.3 Å². The summed E-state index contributed by atoms with van der Waals surface area (Å²) in [6, 6.07) is 0. The molecule has 2 rings (SSSR count). The molecule has 1 aromatic heterocycles. The average molecular weight is 225 g/mol. The maximum absolute atomic E-state index is 8.75. The van der Waals surface area contributed by atoms with Gasteiger partial charge < -0.3 is 5.11 Å². The summed E-state index contributed by atoms with van der Waals surface area (Å²) in [5.41, 5.74) is 4.06. The average Bonchev–Trinajstić information content (AvgIpc) is 2.90. The fourth-order valence-corrected chi connectivity index (χ4v) is 1.97. The first-order valence-corrected chi connectivity index (χ1v) is 5.89. The van der Waals surface area contributed by atoms with Crippen LogP contribution in [0.2, 0.25) is 0 Å². The Morgan fingerprint density at radius 2 is 2.31 bits per heavy atom. The number of aromatic nitrogens is 2. The van der Waals surface area contributed by atoms with E-state index in [2.05, 4.69) is 10.6 Å². The molecule has 5 nitrogen and oxygen atoms in total. The van der Waals surface area contributed by atoms with E-state index in [9.17, 15) is 0 Å². The van der Waals surface area contributed by atoms with Crippen molar-refractivity contribution in [2.75, 3.05) is 6.61 Å². The van der Waals surface area contributed by atoms with Crippen LogP contribution in [0.3, 0.4) is 0 Å². The third-order valence-corrected chi connectivity index (χ3v) is 2.84. The summed E-state index contributed by atoms with van der Waals surface area (Å²) in [6.07, 6.45) is 8.98. The van der Waals surface area contributed by atoms with E-state index in [1.54, 1.807) is 10.9 Å². The Kier molecular flexibility index (Phi) is 4.33. The molecule has 1 aliphatic carbocycles. The van der Waals surface area contributed by atoms with Crippen LogP contribution in [0, 0.1) is 0 Å². The number of aliphatic hydroxyl groups excluding tert-OH is 1. The van der Waals surface area contributed by atoms with Crippen LogP contribution < -0.4 is 5.48 Å². The van der Waals surface area contributed by atoms with E-state index in [-0.39, 0.29) is 6.61 Å². The minimum Gasteiger partial charge on any atom is -0.394 e. The zero-order chi connectivity index (χ0) is 11.2. The van der Waals surface area contributed by atoms with Crippen LogP contribution in [0.15, 0.2) is 12.4 Å². The predicted molar refractivity (Wildman–Crippen MR) is 59.5 cm³/mol. The van der Waals surface area contributed by atoms with E-state index in [1.165, 1.54) is 12.8 Å². The van der Waals surface area contributed by atoms with Gasteiger partial charge in [-0.15, -0.1) is 0 Å². The summed E-state index contributed by atoms with van der Waals surface area (Å²) >= 11 is 0. The highest BCUT2D eigenvalue weighted by atomic mass is 16.7. The first-order chi connectivity index (χ1) is 7.88. The predicted octanol–water partition coefficient (Wildman–Crippen LogP) is 0.839. The molecule has 0 amide bonds. The Bertz CT molecular complexity index is 308. The molecule has 0 bridgehead atoms. The fraction of sp³-hybridized carbons (Fsp3) is 0.727. The molecule has 1 aliphatic rings. The van der Waals surface area contributed by atoms with Crippen LogP contribution in [0.5, 0.6) is 0 Å². The van der Waals surface area contributed by atoms with Gasteiger partial charge in [0.15, 0.2) is 0 Å². The molecule has 1 heterocycles. The van der Waals surface area contributed by atoms with E-state index in [0.717, 1.165) is 18.4 Å². The molecule has 1 fully saturated rings. The Labute approximate surface area is 95.4 Å². The lowest BCUT2D eigenvalue weighted by Gasteiger charge is -2.10. The fourth-order valence-electron chi connectivity index (χ4n) is 1.97. The summed E-state index contributed by atoms with van der Waals surface area (Å²) in [6.45, 7) is 1.33. The van der Waals surface area contributed by atoms with Crippen molar-refractivity contribution in [2.24, 2.45) is 0 Å². The smallest absolute Gasteiger partial charge is 0.0790 e. The van der Waals surface area contributed by atoms with Gasteiger partial charge in [0.1, 0.15) is 0 Å². The number of rotatable bonds is 6. The lowest BCUT2D eigenvalue weighted by molar-refractivity contribution is -0.0244. The van der Waals surface area contributed by atoms with E-state index in [4.69, 9.17) is 9.94 Å². The van der Waals surface area contributed by atoms with Crippen molar-refractivity contribution in [3.05, 3.63) is 18.0 Å². The highest BCUT2D eigenvalue weighted by molar-refractivity contribution is 5.02. The second-order valence-electron chi connectivity index (χ2n) is 4.18. The first kappa shape index (κ1) is 11.6. The molecule has 5 heteroatoms. The van der Waals surface area contributed by atoms with Gasteiger partial charge in [0, 0.05) is 18.3 Å². The summed E-state index contributed by atoms with van der Waals surface area (Å²) in [7, 11) is 0. The van der Waals surface area contributed by atoms with E-state index >= 15 is 0 Å². The SMILES string of the molecule is OCCn1cc(CNOC2CCCC2)cn1. The summed E-state index contributed by atoms with van der Waals surface area (Å²) in [4.78, 5) is 5.54. The highest BCUT2D eigenvalue weighted by Crippen LogP contribution is 2.19. The van der Waals surface area contributed by atoms with Crippen LogP contribution in [-0.4, -0.2) is 27.6 Å². The van der Waals surface area contributed by atoms with Crippen LogP contribution in [0.1, 0.15) is 31.2 Å². The molecule has 1 aromatic rings. The molecule has 0 radical (unpaired) electrons. The number of hydrogen-bond acceptors (Lipinski definition) is 4. The standard InChI is InChI=1S/C11H19N3O2/c15-6-5-14-9-10(7-12-14)8-13-16-11-3-1-2-4-11/h7,9,11,13,15H,1-6,8H2. The normalized spacial score (nSPS) is 17.1. The van der Waals surface area contributed by atoms with Gasteiger partial charge in [-0.25, -0.2) is 0 Å². The third-order valence-electron chi connectivity index (χ3n) is 2.84. The number of aliphatic hydroxyl groups is 1. The maximum Gasteiger partial charge on any atom is 0.0790 e. The molecule has 1 saturated carbocycles. The minimum atomic E-state index is 0.118. The van der Waals surface area contributed by atoms with Crippen molar-refractivity contribution in [1.29, 1.82) is 0 Å². The number of hydrogen-bond donors (Lipinski definition) is 2. The van der Waals surface area contributed by atoms with E-state index in [1.807, 2.05) is 6.20 Å². The molecule has 0 spiro atoms. The van der Waals surface area contributed by atoms with Gasteiger partial charge in [-0.05, 0) is 12.8 Å². The van der Waals surface area contributed by atoms with Gasteiger partial charge in [-0.2, -0.15) is 10.6 Å². The largest absolute Gasteiger partial charge is 0.394 e. The lowest BCUT2D eigenvalue weighted by atomic mass is 10.3. The quantitative estimate of drug-likeness (QED) is 0.704. The number of nitrogens with zero attached hydrogens (tertiary/aromatic N) is 2. The second-order valence-corrected chi connectivity index (χ2v) is 4.18. The van der Waals surface area contributed by atoms with Crippen LogP contribution >= 0.6 is 0 Å². The van der Waals surface area contributed by atoms with Gasteiger partial charge >= 0.3 is 0 Å². The van der Waals surface area contributed by atoms with Gasteiger partial charge in [0.2, 0.25) is 0 Å². The Balaban J connectivity index is 1.67. The van der Waals surface area contributed by atoms with Crippen molar-refractivity contribution in [2.45, 2.75) is 44.9 Å². The Hall–Kier alpha value is -0.910. The molecular weight excluding hydrogens is 206 g/mol. The van der Waals surface area contributed by atoms with Crippen molar-refractivity contribution in [3.63, 3.8) is 0 Å². The number of hydroxylamine groups is 1. The molecule has 2 N–H and O–H groups in total. The second kappa shape index (κ2) is 5.98. The monoisotopic (exact) mass is 225 g/mol. The van der Waals surface area contributed by atoms with Crippen LogP contribution in [0.25, 0.3) is 0 Å². The van der Waals surface area contributed by atoms with Crippen molar-refractivity contribution in [3.8, 4) is 0 Å². The van der Waals surface area contributed by atoms with Crippen molar-refractivity contribution < 1.29 is 9.94 Å². The van der Waals surface area contributed by atoms with Crippen molar-refractivity contribution >= 4 is 0 Å².